The zero-order valence-electron chi connectivity index (χ0n) is 14.3. The van der Waals surface area contributed by atoms with Gasteiger partial charge in [0, 0.05) is 62.6 Å². The average Bonchev–Trinajstić information content (AvgIpc) is 3.01. The lowest BCUT2D eigenvalue weighted by Crippen LogP contribution is -2.48. The van der Waals surface area contributed by atoms with E-state index in [9.17, 15) is 9.18 Å². The monoisotopic (exact) mass is 364 g/mol. The topological polar surface area (TPSA) is 41.4 Å². The van der Waals surface area contributed by atoms with Gasteiger partial charge in [-0.05, 0) is 30.7 Å². The largest absolute Gasteiger partial charge is 0.340 e. The lowest BCUT2D eigenvalue weighted by Gasteiger charge is -2.35. The van der Waals surface area contributed by atoms with Gasteiger partial charge in [-0.1, -0.05) is 17.7 Å². The summed E-state index contributed by atoms with van der Waals surface area (Å²) in [6.45, 7) is 6.26. The van der Waals surface area contributed by atoms with Crippen molar-refractivity contribution in [2.24, 2.45) is 0 Å². The molecule has 1 aromatic heterocycles. The Morgan fingerprint density at radius 3 is 2.64 bits per heavy atom. The molecule has 0 radical (unpaired) electrons. The third-order valence-electron chi connectivity index (χ3n) is 4.60. The third-order valence-corrected chi connectivity index (χ3v) is 4.95. The van der Waals surface area contributed by atoms with E-state index in [0.29, 0.717) is 37.6 Å². The van der Waals surface area contributed by atoms with Crippen LogP contribution in [0.1, 0.15) is 17.7 Å². The molecular formula is C18H22ClFN4O. The summed E-state index contributed by atoms with van der Waals surface area (Å²) in [7, 11) is 0. The van der Waals surface area contributed by atoms with Gasteiger partial charge in [0.1, 0.15) is 5.82 Å². The minimum absolute atomic E-state index is 0.161. The fraction of sp³-hybridized carbons (Fsp3) is 0.444. The van der Waals surface area contributed by atoms with Crippen LogP contribution in [0.15, 0.2) is 30.5 Å². The number of carbonyl (C=O) groups is 1. The second kappa shape index (κ2) is 7.97. The Hall–Kier alpha value is -1.92. The first-order chi connectivity index (χ1) is 12.0. The van der Waals surface area contributed by atoms with Crippen molar-refractivity contribution in [2.45, 2.75) is 26.4 Å². The molecule has 1 amide bonds. The number of hydrogen-bond donors (Lipinski definition) is 0. The van der Waals surface area contributed by atoms with E-state index in [1.165, 1.54) is 12.1 Å². The van der Waals surface area contributed by atoms with Crippen molar-refractivity contribution in [1.82, 2.24) is 19.6 Å². The standard InChI is InChI=1S/C18H22ClFN4O/c1-14-4-6-21-24(14)7-5-18(25)23-10-8-22(9-11-23)13-15-2-3-16(20)12-17(15)19/h2-4,6,12H,5,7-11,13H2,1H3. The summed E-state index contributed by atoms with van der Waals surface area (Å²) in [4.78, 5) is 16.5. The van der Waals surface area contributed by atoms with E-state index in [0.717, 1.165) is 24.3 Å². The van der Waals surface area contributed by atoms with E-state index in [2.05, 4.69) is 10.00 Å². The molecule has 3 rings (SSSR count). The van der Waals surface area contributed by atoms with Crippen LogP contribution in [0.5, 0.6) is 0 Å². The Bertz CT molecular complexity index is 740. The van der Waals surface area contributed by atoms with E-state index in [4.69, 9.17) is 11.6 Å². The minimum Gasteiger partial charge on any atom is -0.340 e. The van der Waals surface area contributed by atoms with Crippen LogP contribution in [-0.2, 0) is 17.9 Å². The predicted octanol–water partition coefficient (Wildman–Crippen LogP) is 2.72. The molecule has 0 unspecified atom stereocenters. The van der Waals surface area contributed by atoms with Gasteiger partial charge >= 0.3 is 0 Å². The van der Waals surface area contributed by atoms with Gasteiger partial charge in [0.15, 0.2) is 0 Å². The Labute approximate surface area is 152 Å². The molecule has 5 nitrogen and oxygen atoms in total. The SMILES string of the molecule is Cc1ccnn1CCC(=O)N1CCN(Cc2ccc(F)cc2Cl)CC1. The molecule has 134 valence electrons. The summed E-state index contributed by atoms with van der Waals surface area (Å²) in [6.07, 6.45) is 2.21. The van der Waals surface area contributed by atoms with Crippen molar-refractivity contribution in [1.29, 1.82) is 0 Å². The molecule has 0 saturated carbocycles. The molecule has 1 aromatic carbocycles. The molecule has 0 bridgehead atoms. The van der Waals surface area contributed by atoms with Crippen molar-refractivity contribution in [2.75, 3.05) is 26.2 Å². The first kappa shape index (κ1) is 17.9. The summed E-state index contributed by atoms with van der Waals surface area (Å²) < 4.78 is 15.0. The van der Waals surface area contributed by atoms with Crippen molar-refractivity contribution in [3.05, 3.63) is 52.6 Å². The second-order valence-corrected chi connectivity index (χ2v) is 6.75. The number of carbonyl (C=O) groups excluding carboxylic acids is 1. The van der Waals surface area contributed by atoms with Crippen molar-refractivity contribution in [3.8, 4) is 0 Å². The Balaban J connectivity index is 1.46. The summed E-state index contributed by atoms with van der Waals surface area (Å²) in [6, 6.07) is 6.43. The van der Waals surface area contributed by atoms with Crippen LogP contribution in [0, 0.1) is 12.7 Å². The van der Waals surface area contributed by atoms with Crippen LogP contribution >= 0.6 is 11.6 Å². The highest BCUT2D eigenvalue weighted by molar-refractivity contribution is 6.31. The van der Waals surface area contributed by atoms with Crippen LogP contribution in [0.3, 0.4) is 0 Å². The minimum atomic E-state index is -0.323. The smallest absolute Gasteiger partial charge is 0.224 e. The van der Waals surface area contributed by atoms with Crippen molar-refractivity contribution in [3.63, 3.8) is 0 Å². The van der Waals surface area contributed by atoms with Crippen molar-refractivity contribution < 1.29 is 9.18 Å². The zero-order chi connectivity index (χ0) is 17.8. The molecule has 25 heavy (non-hydrogen) atoms. The first-order valence-electron chi connectivity index (χ1n) is 8.45. The van der Waals surface area contributed by atoms with E-state index in [1.807, 2.05) is 22.6 Å². The van der Waals surface area contributed by atoms with Crippen LogP contribution in [0.4, 0.5) is 4.39 Å². The average molecular weight is 365 g/mol. The number of hydrogen-bond acceptors (Lipinski definition) is 3. The number of benzene rings is 1. The fourth-order valence-corrected chi connectivity index (χ4v) is 3.27. The molecule has 2 heterocycles. The van der Waals surface area contributed by atoms with Gasteiger partial charge in [-0.15, -0.1) is 0 Å². The van der Waals surface area contributed by atoms with Crippen molar-refractivity contribution >= 4 is 17.5 Å². The maximum Gasteiger partial charge on any atom is 0.224 e. The van der Waals surface area contributed by atoms with Gasteiger partial charge in [-0.25, -0.2) is 4.39 Å². The molecule has 0 spiro atoms. The normalized spacial score (nSPS) is 15.6. The molecule has 1 aliphatic rings. The number of piperazine rings is 1. The van der Waals surface area contributed by atoms with Gasteiger partial charge in [0.05, 0.1) is 0 Å². The van der Waals surface area contributed by atoms with E-state index in [1.54, 1.807) is 12.3 Å². The highest BCUT2D eigenvalue weighted by Gasteiger charge is 2.21. The van der Waals surface area contributed by atoms with E-state index >= 15 is 0 Å². The lowest BCUT2D eigenvalue weighted by atomic mass is 10.2. The summed E-state index contributed by atoms with van der Waals surface area (Å²) in [5.41, 5.74) is 1.98. The Kier molecular flexibility index (Phi) is 5.71. The zero-order valence-corrected chi connectivity index (χ0v) is 15.0. The lowest BCUT2D eigenvalue weighted by molar-refractivity contribution is -0.133. The predicted molar refractivity (Wildman–Crippen MR) is 94.8 cm³/mol. The Morgan fingerprint density at radius 1 is 1.24 bits per heavy atom. The number of nitrogens with zero attached hydrogens (tertiary/aromatic N) is 4. The quantitative estimate of drug-likeness (QED) is 0.819. The first-order valence-corrected chi connectivity index (χ1v) is 8.83. The highest BCUT2D eigenvalue weighted by Crippen LogP contribution is 2.19. The van der Waals surface area contributed by atoms with Gasteiger partial charge in [-0.2, -0.15) is 5.10 Å². The molecule has 1 fully saturated rings. The summed E-state index contributed by atoms with van der Waals surface area (Å²) in [5.74, 6) is -0.161. The van der Waals surface area contributed by atoms with E-state index in [-0.39, 0.29) is 11.7 Å². The number of aromatic nitrogens is 2. The second-order valence-electron chi connectivity index (χ2n) is 6.34. The Morgan fingerprint density at radius 2 is 2.00 bits per heavy atom. The molecule has 0 aliphatic carbocycles. The number of amides is 1. The molecular weight excluding hydrogens is 343 g/mol. The maximum atomic E-state index is 13.1. The van der Waals surface area contributed by atoms with Gasteiger partial charge in [-0.3, -0.25) is 14.4 Å². The maximum absolute atomic E-state index is 13.1. The van der Waals surface area contributed by atoms with Crippen LogP contribution in [0.2, 0.25) is 5.02 Å². The highest BCUT2D eigenvalue weighted by atomic mass is 35.5. The number of aryl methyl sites for hydroxylation is 2. The fourth-order valence-electron chi connectivity index (χ4n) is 3.04. The summed E-state index contributed by atoms with van der Waals surface area (Å²) in [5, 5.41) is 4.66. The summed E-state index contributed by atoms with van der Waals surface area (Å²) >= 11 is 6.09. The van der Waals surface area contributed by atoms with Gasteiger partial charge in [0.2, 0.25) is 5.91 Å². The molecule has 2 aromatic rings. The van der Waals surface area contributed by atoms with Crippen LogP contribution in [0.25, 0.3) is 0 Å². The molecule has 0 N–H and O–H groups in total. The van der Waals surface area contributed by atoms with Gasteiger partial charge < -0.3 is 4.90 Å². The molecule has 1 saturated heterocycles. The molecule has 7 heteroatoms. The van der Waals surface area contributed by atoms with Crippen LogP contribution in [-0.4, -0.2) is 51.7 Å². The van der Waals surface area contributed by atoms with Gasteiger partial charge in [0.25, 0.3) is 0 Å². The number of halogens is 2. The number of rotatable bonds is 5. The molecule has 1 aliphatic heterocycles. The molecule has 0 atom stereocenters. The third kappa shape index (κ3) is 4.58. The van der Waals surface area contributed by atoms with E-state index < -0.39 is 0 Å². The van der Waals surface area contributed by atoms with Crippen LogP contribution < -0.4 is 0 Å².